The maximum Gasteiger partial charge on any atom is 0.573 e. The third-order valence-corrected chi connectivity index (χ3v) is 8.19. The van der Waals surface area contributed by atoms with Gasteiger partial charge in [0.1, 0.15) is 12.1 Å². The zero-order valence-corrected chi connectivity index (χ0v) is 26.3. The van der Waals surface area contributed by atoms with Crippen molar-refractivity contribution in [1.29, 1.82) is 0 Å². The van der Waals surface area contributed by atoms with Crippen LogP contribution in [-0.4, -0.2) is 38.3 Å². The van der Waals surface area contributed by atoms with Gasteiger partial charge in [0.15, 0.2) is 10.6 Å². The Balaban J connectivity index is 1.23. The molecule has 0 saturated carbocycles. The van der Waals surface area contributed by atoms with Crippen LogP contribution in [-0.2, 0) is 0 Å². The molecule has 0 aliphatic rings. The number of hydrogen-bond acceptors (Lipinski definition) is 5. The second-order valence-corrected chi connectivity index (χ2v) is 11.9. The maximum absolute atomic E-state index is 12.9. The number of nitrogens with zero attached hydrogens (tertiary/aromatic N) is 5. The second kappa shape index (κ2) is 13.1. The monoisotopic (exact) mass is 634 g/mol. The van der Waals surface area contributed by atoms with Gasteiger partial charge >= 0.3 is 12.4 Å². The van der Waals surface area contributed by atoms with Gasteiger partial charge in [-0.3, -0.25) is 4.57 Å². The van der Waals surface area contributed by atoms with E-state index < -0.39 is 12.4 Å². The van der Waals surface area contributed by atoms with Gasteiger partial charge in [-0.1, -0.05) is 57.2 Å². The van der Waals surface area contributed by atoms with Gasteiger partial charge in [0.05, 0.1) is 11.4 Å². The molecule has 1 unspecified atom stereocenters. The van der Waals surface area contributed by atoms with Crippen LogP contribution in [0.1, 0.15) is 55.0 Å². The third-order valence-electron chi connectivity index (χ3n) is 7.25. The number of alkyl halides is 3. The fraction of sp³-hybridized carbons (Fsp3) is 0.273. The van der Waals surface area contributed by atoms with Crippen LogP contribution in [0.15, 0.2) is 83.4 Å². The number of urea groups is 1. The summed E-state index contributed by atoms with van der Waals surface area (Å²) in [5.74, 6) is 0.484. The summed E-state index contributed by atoms with van der Waals surface area (Å²) < 4.78 is 44.7. The third kappa shape index (κ3) is 7.69. The van der Waals surface area contributed by atoms with E-state index in [1.165, 1.54) is 52.2 Å². The van der Waals surface area contributed by atoms with Crippen LogP contribution in [0.25, 0.3) is 22.8 Å². The zero-order valence-electron chi connectivity index (χ0n) is 25.5. The SMILES string of the molecule is Cc1ccc(C(C)C)c(-n2c(C)cs/c2=N\C(=O)NCC(C)c2ccc(-c3ncn(-c4ccc(OC(F)(F)F)cc4)n3)cc2)c1. The molecule has 2 aromatic heterocycles. The van der Waals surface area contributed by atoms with Crippen molar-refractivity contribution in [2.45, 2.75) is 52.8 Å². The molecule has 1 N–H and O–H groups in total. The Morgan fingerprint density at radius 2 is 1.73 bits per heavy atom. The molecule has 1 atom stereocenters. The minimum atomic E-state index is -4.75. The molecule has 0 radical (unpaired) electrons. The molecule has 2 heterocycles. The summed E-state index contributed by atoms with van der Waals surface area (Å²) >= 11 is 1.43. The predicted octanol–water partition coefficient (Wildman–Crippen LogP) is 7.84. The Morgan fingerprint density at radius 3 is 2.40 bits per heavy atom. The van der Waals surface area contributed by atoms with E-state index in [1.54, 1.807) is 0 Å². The molecule has 3 aromatic carbocycles. The number of aryl methyl sites for hydroxylation is 2. The second-order valence-electron chi connectivity index (χ2n) is 11.1. The zero-order chi connectivity index (χ0) is 32.3. The summed E-state index contributed by atoms with van der Waals surface area (Å²) in [6, 6.07) is 19.0. The van der Waals surface area contributed by atoms with E-state index in [2.05, 4.69) is 64.1 Å². The number of carbonyl (C=O) groups excluding carboxylic acids is 1. The van der Waals surface area contributed by atoms with Crippen LogP contribution in [0.4, 0.5) is 18.0 Å². The number of amides is 2. The van der Waals surface area contributed by atoms with Crippen molar-refractivity contribution in [3.05, 3.63) is 106 Å². The van der Waals surface area contributed by atoms with Crippen molar-refractivity contribution < 1.29 is 22.7 Å². The average Bonchev–Trinajstić information content (AvgIpc) is 3.62. The molecular weight excluding hydrogens is 601 g/mol. The Morgan fingerprint density at radius 1 is 1.02 bits per heavy atom. The van der Waals surface area contributed by atoms with E-state index in [9.17, 15) is 18.0 Å². The van der Waals surface area contributed by atoms with Gasteiger partial charge in [-0.2, -0.15) is 4.99 Å². The Hall–Kier alpha value is -4.71. The van der Waals surface area contributed by atoms with E-state index in [0.717, 1.165) is 28.1 Å². The summed E-state index contributed by atoms with van der Waals surface area (Å²) in [5.41, 5.74) is 6.71. The molecule has 12 heteroatoms. The van der Waals surface area contributed by atoms with Crippen LogP contribution in [0.3, 0.4) is 0 Å². The first-order chi connectivity index (χ1) is 21.4. The molecule has 0 aliphatic carbocycles. The van der Waals surface area contributed by atoms with Crippen molar-refractivity contribution in [2.24, 2.45) is 4.99 Å². The van der Waals surface area contributed by atoms with Gasteiger partial charge in [-0.25, -0.2) is 14.5 Å². The lowest BCUT2D eigenvalue weighted by atomic mass is 9.99. The van der Waals surface area contributed by atoms with E-state index in [1.807, 2.05) is 48.1 Å². The summed E-state index contributed by atoms with van der Waals surface area (Å²) in [6.45, 7) is 10.8. The minimum absolute atomic E-state index is 0.0164. The van der Waals surface area contributed by atoms with Crippen molar-refractivity contribution in [1.82, 2.24) is 24.6 Å². The normalized spacial score (nSPS) is 12.9. The molecular formula is C33H33F3N6O2S. The molecule has 0 spiro atoms. The number of hydrogen-bond donors (Lipinski definition) is 1. The van der Waals surface area contributed by atoms with Gasteiger partial charge in [-0.05, 0) is 72.7 Å². The maximum atomic E-state index is 12.9. The Bertz CT molecular complexity index is 1860. The van der Waals surface area contributed by atoms with E-state index in [0.29, 0.717) is 28.8 Å². The molecule has 0 bridgehead atoms. The highest BCUT2D eigenvalue weighted by atomic mass is 32.1. The highest BCUT2D eigenvalue weighted by molar-refractivity contribution is 7.07. The molecule has 5 aromatic rings. The molecule has 45 heavy (non-hydrogen) atoms. The van der Waals surface area contributed by atoms with Crippen molar-refractivity contribution in [3.63, 3.8) is 0 Å². The molecule has 0 aliphatic heterocycles. The summed E-state index contributed by atoms with van der Waals surface area (Å²) in [7, 11) is 0. The van der Waals surface area contributed by atoms with Crippen molar-refractivity contribution >= 4 is 17.4 Å². The van der Waals surface area contributed by atoms with E-state index >= 15 is 0 Å². The number of benzene rings is 3. The number of rotatable bonds is 8. The van der Waals surface area contributed by atoms with Crippen LogP contribution < -0.4 is 14.9 Å². The summed E-state index contributed by atoms with van der Waals surface area (Å²) in [6.07, 6.45) is -3.26. The quantitative estimate of drug-likeness (QED) is 0.188. The first-order valence-corrected chi connectivity index (χ1v) is 15.2. The van der Waals surface area contributed by atoms with Gasteiger partial charge in [-0.15, -0.1) is 29.6 Å². The lowest BCUT2D eigenvalue weighted by Crippen LogP contribution is -2.28. The largest absolute Gasteiger partial charge is 0.573 e. The van der Waals surface area contributed by atoms with Crippen molar-refractivity contribution in [2.75, 3.05) is 6.54 Å². The van der Waals surface area contributed by atoms with Gasteiger partial charge < -0.3 is 10.1 Å². The van der Waals surface area contributed by atoms with Gasteiger partial charge in [0.2, 0.25) is 0 Å². The molecule has 0 saturated heterocycles. The highest BCUT2D eigenvalue weighted by Crippen LogP contribution is 2.26. The Labute approximate surface area is 262 Å². The molecule has 234 valence electrons. The van der Waals surface area contributed by atoms with E-state index in [-0.39, 0.29) is 11.7 Å². The number of thiazole rings is 1. The van der Waals surface area contributed by atoms with E-state index in [4.69, 9.17) is 0 Å². The van der Waals surface area contributed by atoms with Gasteiger partial charge in [0.25, 0.3) is 0 Å². The summed E-state index contributed by atoms with van der Waals surface area (Å²) in [5, 5.41) is 9.39. The topological polar surface area (TPSA) is 86.3 Å². The summed E-state index contributed by atoms with van der Waals surface area (Å²) in [4.78, 5) is 22.3. The van der Waals surface area contributed by atoms with Crippen LogP contribution in [0.2, 0.25) is 0 Å². The number of halogens is 3. The van der Waals surface area contributed by atoms with Crippen molar-refractivity contribution in [3.8, 4) is 28.5 Å². The van der Waals surface area contributed by atoms with Gasteiger partial charge in [0, 0.05) is 23.2 Å². The van der Waals surface area contributed by atoms with Crippen LogP contribution >= 0.6 is 11.3 Å². The minimum Gasteiger partial charge on any atom is -0.406 e. The lowest BCUT2D eigenvalue weighted by Gasteiger charge is -2.16. The first kappa shape index (κ1) is 31.7. The molecule has 0 fully saturated rings. The number of nitrogens with one attached hydrogen (secondary N) is 1. The number of carbonyl (C=O) groups is 1. The molecule has 5 rings (SSSR count). The van der Waals surface area contributed by atoms with Crippen LogP contribution in [0, 0.1) is 13.8 Å². The molecule has 2 amide bonds. The predicted molar refractivity (Wildman–Crippen MR) is 168 cm³/mol. The number of ether oxygens (including phenoxy) is 1. The Kier molecular flexibility index (Phi) is 9.24. The number of aromatic nitrogens is 4. The fourth-order valence-corrected chi connectivity index (χ4v) is 5.73. The molecule has 8 nitrogen and oxygen atoms in total. The highest BCUT2D eigenvalue weighted by Gasteiger charge is 2.31. The van der Waals surface area contributed by atoms with Crippen LogP contribution in [0.5, 0.6) is 5.75 Å². The standard InChI is InChI=1S/C33H33F3N6O2S/c1-20(2)28-15-6-21(3)16-29(28)42-23(5)18-45-32(42)39-31(43)37-17-22(4)24-7-9-25(10-8-24)30-38-19-41(40-30)26-11-13-27(14-12-26)44-33(34,35)36/h6-16,18-20,22H,17H2,1-5H3,(H,37,43)/b39-32-. The lowest BCUT2D eigenvalue weighted by molar-refractivity contribution is -0.274. The first-order valence-electron chi connectivity index (χ1n) is 14.4. The average molecular weight is 635 g/mol. The smallest absolute Gasteiger partial charge is 0.406 e. The fourth-order valence-electron chi connectivity index (χ4n) is 4.86.